The van der Waals surface area contributed by atoms with Crippen molar-refractivity contribution in [2.45, 2.75) is 83.8 Å². The van der Waals surface area contributed by atoms with Crippen molar-refractivity contribution in [1.29, 1.82) is 0 Å². The fourth-order valence-corrected chi connectivity index (χ4v) is 7.48. The van der Waals surface area contributed by atoms with E-state index in [1.807, 2.05) is 0 Å². The Morgan fingerprint density at radius 1 is 1.14 bits per heavy atom. The van der Waals surface area contributed by atoms with Crippen LogP contribution in [0, 0.1) is 0 Å². The molecule has 0 aliphatic heterocycles. The number of carbonyl (C=O) groups excluding carboxylic acids is 2. The standard InChI is InChI=1S/C26H34N4O3S3/c1-4-10-18-14-17(15-34-18)23-28-29-26(30(23)13-5-2)35-16-21(31)27-24-22(25(32)33-6-3)19-11-8-7-9-12-20(19)36-24/h14-15H,4-13,16H2,1-3H3,(H,27,31). The molecule has 1 aliphatic carbocycles. The number of aromatic nitrogens is 3. The molecule has 0 atom stereocenters. The maximum atomic E-state index is 13.0. The van der Waals surface area contributed by atoms with E-state index in [2.05, 4.69) is 45.4 Å². The normalized spacial score (nSPS) is 13.3. The molecule has 1 aliphatic rings. The Hall–Kier alpha value is -2.17. The first-order chi connectivity index (χ1) is 17.5. The highest BCUT2D eigenvalue weighted by atomic mass is 32.2. The van der Waals surface area contributed by atoms with Crippen LogP contribution < -0.4 is 5.32 Å². The van der Waals surface area contributed by atoms with Gasteiger partial charge in [-0.15, -0.1) is 32.9 Å². The van der Waals surface area contributed by atoms with Crippen molar-refractivity contribution in [2.75, 3.05) is 17.7 Å². The van der Waals surface area contributed by atoms with Crippen LogP contribution in [-0.2, 0) is 35.3 Å². The molecule has 3 heterocycles. The fraction of sp³-hybridized carbons (Fsp3) is 0.538. The molecule has 7 nitrogen and oxygen atoms in total. The fourth-order valence-electron chi connectivity index (χ4n) is 4.45. The van der Waals surface area contributed by atoms with E-state index in [4.69, 9.17) is 4.74 Å². The zero-order valence-electron chi connectivity index (χ0n) is 21.2. The number of anilines is 1. The molecule has 3 aromatic rings. The molecule has 0 radical (unpaired) electrons. The van der Waals surface area contributed by atoms with Crippen LogP contribution in [0.1, 0.15) is 78.6 Å². The average molecular weight is 547 g/mol. The van der Waals surface area contributed by atoms with Crippen LogP contribution in [0.5, 0.6) is 0 Å². The van der Waals surface area contributed by atoms with Crippen molar-refractivity contribution < 1.29 is 14.3 Å². The number of aryl methyl sites for hydroxylation is 2. The van der Waals surface area contributed by atoms with E-state index in [9.17, 15) is 9.59 Å². The minimum absolute atomic E-state index is 0.157. The van der Waals surface area contributed by atoms with E-state index in [0.717, 1.165) is 80.0 Å². The minimum atomic E-state index is -0.342. The topological polar surface area (TPSA) is 86.1 Å². The number of rotatable bonds is 11. The molecule has 1 amide bonds. The van der Waals surface area contributed by atoms with Crippen LogP contribution in [0.25, 0.3) is 11.4 Å². The number of carbonyl (C=O) groups is 2. The van der Waals surface area contributed by atoms with Gasteiger partial charge in [-0.25, -0.2) is 4.79 Å². The first-order valence-electron chi connectivity index (χ1n) is 12.8. The summed E-state index contributed by atoms with van der Waals surface area (Å²) in [5, 5.41) is 15.4. The molecular formula is C26H34N4O3S3. The van der Waals surface area contributed by atoms with Gasteiger partial charge in [0.15, 0.2) is 11.0 Å². The predicted octanol–water partition coefficient (Wildman–Crippen LogP) is 6.61. The van der Waals surface area contributed by atoms with E-state index in [0.29, 0.717) is 17.2 Å². The summed E-state index contributed by atoms with van der Waals surface area (Å²) in [5.41, 5.74) is 2.69. The summed E-state index contributed by atoms with van der Waals surface area (Å²) < 4.78 is 7.44. The second-order valence-electron chi connectivity index (χ2n) is 8.84. The van der Waals surface area contributed by atoms with Crippen molar-refractivity contribution in [3.8, 4) is 11.4 Å². The smallest absolute Gasteiger partial charge is 0.341 e. The second-order valence-corrected chi connectivity index (χ2v) is 11.9. The van der Waals surface area contributed by atoms with Crippen molar-refractivity contribution in [2.24, 2.45) is 0 Å². The van der Waals surface area contributed by atoms with Crippen LogP contribution in [0.4, 0.5) is 5.00 Å². The van der Waals surface area contributed by atoms with E-state index < -0.39 is 0 Å². The predicted molar refractivity (Wildman–Crippen MR) is 149 cm³/mol. The van der Waals surface area contributed by atoms with E-state index in [-0.39, 0.29) is 17.6 Å². The van der Waals surface area contributed by atoms with Crippen LogP contribution in [0.2, 0.25) is 0 Å². The molecule has 1 N–H and O–H groups in total. The van der Waals surface area contributed by atoms with E-state index in [1.165, 1.54) is 32.9 Å². The molecular weight excluding hydrogens is 513 g/mol. The number of esters is 1. The molecule has 0 saturated heterocycles. The summed E-state index contributed by atoms with van der Waals surface area (Å²) in [7, 11) is 0. The zero-order chi connectivity index (χ0) is 25.5. The first-order valence-corrected chi connectivity index (χ1v) is 15.5. The monoisotopic (exact) mass is 546 g/mol. The van der Waals surface area contributed by atoms with Gasteiger partial charge in [-0.05, 0) is 57.1 Å². The van der Waals surface area contributed by atoms with Gasteiger partial charge in [0, 0.05) is 27.2 Å². The number of thiophene rings is 2. The van der Waals surface area contributed by atoms with E-state index in [1.54, 1.807) is 18.3 Å². The van der Waals surface area contributed by atoms with Crippen molar-refractivity contribution in [3.05, 3.63) is 32.3 Å². The van der Waals surface area contributed by atoms with Crippen molar-refractivity contribution in [3.63, 3.8) is 0 Å². The van der Waals surface area contributed by atoms with Gasteiger partial charge in [-0.2, -0.15) is 0 Å². The first kappa shape index (κ1) is 26.9. The van der Waals surface area contributed by atoms with Gasteiger partial charge in [0.2, 0.25) is 5.91 Å². The third kappa shape index (κ3) is 6.20. The Balaban J connectivity index is 1.48. The summed E-state index contributed by atoms with van der Waals surface area (Å²) >= 11 is 4.66. The van der Waals surface area contributed by atoms with Gasteiger partial charge in [0.05, 0.1) is 17.9 Å². The van der Waals surface area contributed by atoms with Crippen molar-refractivity contribution >= 4 is 51.3 Å². The Morgan fingerprint density at radius 3 is 2.75 bits per heavy atom. The second kappa shape index (κ2) is 12.9. The highest BCUT2D eigenvalue weighted by Crippen LogP contribution is 2.38. The number of nitrogens with one attached hydrogen (secondary N) is 1. The Morgan fingerprint density at radius 2 is 1.97 bits per heavy atom. The Bertz CT molecular complexity index is 1200. The molecule has 0 bridgehead atoms. The average Bonchev–Trinajstić information content (AvgIpc) is 3.52. The number of nitrogens with zero attached hydrogens (tertiary/aromatic N) is 3. The molecule has 10 heteroatoms. The lowest BCUT2D eigenvalue weighted by molar-refractivity contribution is -0.113. The van der Waals surface area contributed by atoms with Gasteiger partial charge in [-0.1, -0.05) is 38.5 Å². The number of amides is 1. The highest BCUT2D eigenvalue weighted by molar-refractivity contribution is 7.99. The van der Waals surface area contributed by atoms with Crippen LogP contribution >= 0.6 is 34.4 Å². The SMILES string of the molecule is CCCc1cc(-c2nnc(SCC(=O)Nc3sc4c(c3C(=O)OCC)CCCCC4)n2CCC)cs1. The van der Waals surface area contributed by atoms with Gasteiger partial charge in [-0.3, -0.25) is 4.79 Å². The number of ether oxygens (including phenoxy) is 1. The lowest BCUT2D eigenvalue weighted by Crippen LogP contribution is -2.17. The van der Waals surface area contributed by atoms with Crippen molar-refractivity contribution in [1.82, 2.24) is 14.8 Å². The maximum Gasteiger partial charge on any atom is 0.341 e. The summed E-state index contributed by atoms with van der Waals surface area (Å²) in [4.78, 5) is 28.3. The summed E-state index contributed by atoms with van der Waals surface area (Å²) in [5.74, 6) is 0.544. The third-order valence-corrected chi connectivity index (χ3v) is 9.23. The summed E-state index contributed by atoms with van der Waals surface area (Å²) in [6, 6.07) is 2.20. The van der Waals surface area contributed by atoms with Crippen LogP contribution in [0.15, 0.2) is 16.6 Å². The highest BCUT2D eigenvalue weighted by Gasteiger charge is 2.27. The third-order valence-electron chi connectivity index (χ3n) is 6.06. The summed E-state index contributed by atoms with van der Waals surface area (Å²) in [6.07, 6.45) is 8.25. The van der Waals surface area contributed by atoms with E-state index >= 15 is 0 Å². The molecule has 0 aromatic carbocycles. The molecule has 0 fully saturated rings. The molecule has 194 valence electrons. The van der Waals surface area contributed by atoms with Gasteiger partial charge >= 0.3 is 5.97 Å². The molecule has 0 saturated carbocycles. The molecule has 4 rings (SSSR count). The maximum absolute atomic E-state index is 13.0. The summed E-state index contributed by atoms with van der Waals surface area (Å²) in [6.45, 7) is 7.21. The molecule has 3 aromatic heterocycles. The van der Waals surface area contributed by atoms with Crippen LogP contribution in [0.3, 0.4) is 0 Å². The Labute approximate surface area is 225 Å². The Kier molecular flexibility index (Phi) is 9.61. The van der Waals surface area contributed by atoms with Crippen LogP contribution in [-0.4, -0.2) is 39.0 Å². The number of thioether (sulfide) groups is 1. The zero-order valence-corrected chi connectivity index (χ0v) is 23.7. The molecule has 36 heavy (non-hydrogen) atoms. The largest absolute Gasteiger partial charge is 0.462 e. The minimum Gasteiger partial charge on any atom is -0.462 e. The lowest BCUT2D eigenvalue weighted by Gasteiger charge is -2.09. The number of hydrogen-bond acceptors (Lipinski definition) is 8. The van der Waals surface area contributed by atoms with Gasteiger partial charge in [0.1, 0.15) is 5.00 Å². The molecule has 0 unspecified atom stereocenters. The quantitative estimate of drug-likeness (QED) is 0.166. The van der Waals surface area contributed by atoms with Gasteiger partial charge in [0.25, 0.3) is 0 Å². The lowest BCUT2D eigenvalue weighted by atomic mass is 10.1. The number of hydrogen-bond donors (Lipinski definition) is 1. The molecule has 0 spiro atoms. The number of fused-ring (bicyclic) bond motifs is 1. The van der Waals surface area contributed by atoms with Gasteiger partial charge < -0.3 is 14.6 Å².